The van der Waals surface area contributed by atoms with E-state index in [0.717, 1.165) is 9.87 Å². The molecule has 10 heteroatoms. The first-order valence-electron chi connectivity index (χ1n) is 10.9. The lowest BCUT2D eigenvalue weighted by Gasteiger charge is -2.42. The van der Waals surface area contributed by atoms with E-state index in [4.69, 9.17) is 4.74 Å². The second-order valence-electron chi connectivity index (χ2n) is 8.35. The SMILES string of the molecule is O=C(NO)C1CC(O)(c2ccccc2)CCN1S(=O)(=O)c1ccc(OCc2ccc(F)cc2)cc1. The summed E-state index contributed by atoms with van der Waals surface area (Å²) in [5.74, 6) is -0.867. The maximum atomic E-state index is 13.4. The van der Waals surface area contributed by atoms with Gasteiger partial charge in [-0.2, -0.15) is 4.31 Å². The Morgan fingerprint density at radius 2 is 1.71 bits per heavy atom. The number of ether oxygens (including phenoxy) is 1. The summed E-state index contributed by atoms with van der Waals surface area (Å²) in [6, 6.07) is 18.9. The second-order valence-corrected chi connectivity index (χ2v) is 10.2. The van der Waals surface area contributed by atoms with Gasteiger partial charge in [-0.05, 0) is 53.9 Å². The van der Waals surface area contributed by atoms with Crippen molar-refractivity contribution in [3.05, 3.63) is 95.8 Å². The summed E-state index contributed by atoms with van der Waals surface area (Å²) in [6.07, 6.45) is -0.147. The van der Waals surface area contributed by atoms with E-state index in [9.17, 15) is 27.9 Å². The molecule has 2 atom stereocenters. The summed E-state index contributed by atoms with van der Waals surface area (Å²) >= 11 is 0. The van der Waals surface area contributed by atoms with Crippen molar-refractivity contribution in [1.82, 2.24) is 9.79 Å². The van der Waals surface area contributed by atoms with Crippen LogP contribution in [0.15, 0.2) is 83.8 Å². The van der Waals surface area contributed by atoms with E-state index >= 15 is 0 Å². The van der Waals surface area contributed by atoms with Gasteiger partial charge >= 0.3 is 0 Å². The molecule has 1 aliphatic rings. The molecule has 0 bridgehead atoms. The number of carbonyl (C=O) groups is 1. The third-order valence-corrected chi connectivity index (χ3v) is 8.02. The summed E-state index contributed by atoms with van der Waals surface area (Å²) in [5.41, 5.74) is 1.41. The van der Waals surface area contributed by atoms with Crippen molar-refractivity contribution < 1.29 is 32.7 Å². The molecule has 1 saturated heterocycles. The van der Waals surface area contributed by atoms with Gasteiger partial charge < -0.3 is 9.84 Å². The molecule has 0 spiro atoms. The molecule has 3 aromatic carbocycles. The highest BCUT2D eigenvalue weighted by molar-refractivity contribution is 7.89. The molecule has 3 aromatic rings. The number of aliphatic hydroxyl groups is 1. The van der Waals surface area contributed by atoms with E-state index in [-0.39, 0.29) is 36.7 Å². The Bertz CT molecular complexity index is 1270. The first-order chi connectivity index (χ1) is 16.7. The predicted octanol–water partition coefficient (Wildman–Crippen LogP) is 2.95. The van der Waals surface area contributed by atoms with E-state index in [1.807, 2.05) is 0 Å². The number of carbonyl (C=O) groups excluding carboxylic acids is 1. The van der Waals surface area contributed by atoms with Gasteiger partial charge in [0.15, 0.2) is 0 Å². The third-order valence-electron chi connectivity index (χ3n) is 6.10. The monoisotopic (exact) mass is 500 g/mol. The third kappa shape index (κ3) is 5.35. The fraction of sp³-hybridized carbons (Fsp3) is 0.240. The number of amides is 1. The highest BCUT2D eigenvalue weighted by Crippen LogP contribution is 2.38. The molecular weight excluding hydrogens is 475 g/mol. The lowest BCUT2D eigenvalue weighted by Crippen LogP contribution is -2.56. The molecule has 8 nitrogen and oxygen atoms in total. The van der Waals surface area contributed by atoms with Crippen molar-refractivity contribution in [1.29, 1.82) is 0 Å². The number of sulfonamides is 1. The molecule has 0 radical (unpaired) electrons. The normalized spacial score (nSPS) is 20.8. The summed E-state index contributed by atoms with van der Waals surface area (Å²) < 4.78 is 46.5. The molecule has 184 valence electrons. The molecule has 0 saturated carbocycles. The Morgan fingerprint density at radius 1 is 1.06 bits per heavy atom. The Morgan fingerprint density at radius 3 is 2.34 bits per heavy atom. The number of benzene rings is 3. The van der Waals surface area contributed by atoms with Crippen molar-refractivity contribution >= 4 is 15.9 Å². The van der Waals surface area contributed by atoms with Crippen molar-refractivity contribution in [3.8, 4) is 5.75 Å². The van der Waals surface area contributed by atoms with Crippen molar-refractivity contribution in [2.75, 3.05) is 6.54 Å². The van der Waals surface area contributed by atoms with Crippen LogP contribution in [0.4, 0.5) is 4.39 Å². The number of hydrogen-bond donors (Lipinski definition) is 3. The predicted molar refractivity (Wildman–Crippen MR) is 124 cm³/mol. The van der Waals surface area contributed by atoms with Crippen LogP contribution in [0.2, 0.25) is 0 Å². The van der Waals surface area contributed by atoms with E-state index in [2.05, 4.69) is 0 Å². The molecule has 3 N–H and O–H groups in total. The highest BCUT2D eigenvalue weighted by Gasteiger charge is 2.47. The molecule has 1 amide bonds. The first kappa shape index (κ1) is 24.8. The average Bonchev–Trinajstić information content (AvgIpc) is 2.88. The van der Waals surface area contributed by atoms with Gasteiger partial charge in [-0.15, -0.1) is 0 Å². The molecule has 1 fully saturated rings. The Hall–Kier alpha value is -3.31. The van der Waals surface area contributed by atoms with Gasteiger partial charge in [0.2, 0.25) is 10.0 Å². The molecule has 0 aromatic heterocycles. The minimum absolute atomic E-state index is 0.0625. The minimum atomic E-state index is -4.13. The summed E-state index contributed by atoms with van der Waals surface area (Å²) in [4.78, 5) is 12.4. The number of hydrogen-bond acceptors (Lipinski definition) is 6. The maximum Gasteiger partial charge on any atom is 0.261 e. The molecule has 35 heavy (non-hydrogen) atoms. The van der Waals surface area contributed by atoms with E-state index in [1.54, 1.807) is 42.5 Å². The van der Waals surface area contributed by atoms with Gasteiger partial charge in [-0.1, -0.05) is 42.5 Å². The Kier molecular flexibility index (Phi) is 7.18. The van der Waals surface area contributed by atoms with Crippen molar-refractivity contribution in [2.24, 2.45) is 0 Å². The van der Waals surface area contributed by atoms with Gasteiger partial charge in [0.25, 0.3) is 5.91 Å². The number of nitrogens with one attached hydrogen (secondary N) is 1. The van der Waals surface area contributed by atoms with Crippen LogP contribution in [0.3, 0.4) is 0 Å². The van der Waals surface area contributed by atoms with Crippen LogP contribution in [0.25, 0.3) is 0 Å². The van der Waals surface area contributed by atoms with Gasteiger partial charge in [0.1, 0.15) is 24.2 Å². The first-order valence-corrected chi connectivity index (χ1v) is 12.4. The molecule has 2 unspecified atom stereocenters. The molecular formula is C25H25FN2O6S. The van der Waals surface area contributed by atoms with Crippen LogP contribution in [-0.4, -0.2) is 41.5 Å². The van der Waals surface area contributed by atoms with Crippen LogP contribution in [0.1, 0.15) is 24.0 Å². The largest absolute Gasteiger partial charge is 0.489 e. The van der Waals surface area contributed by atoms with Crippen LogP contribution in [0.5, 0.6) is 5.75 Å². The molecule has 1 heterocycles. The molecule has 0 aliphatic carbocycles. The topological polar surface area (TPSA) is 116 Å². The van der Waals surface area contributed by atoms with E-state index in [0.29, 0.717) is 11.3 Å². The number of halogens is 1. The van der Waals surface area contributed by atoms with Crippen molar-refractivity contribution in [3.63, 3.8) is 0 Å². The fourth-order valence-electron chi connectivity index (χ4n) is 4.16. The zero-order valence-electron chi connectivity index (χ0n) is 18.7. The fourth-order valence-corrected chi connectivity index (χ4v) is 5.75. The smallest absolute Gasteiger partial charge is 0.261 e. The number of hydroxylamine groups is 1. The quantitative estimate of drug-likeness (QED) is 0.339. The van der Waals surface area contributed by atoms with Crippen LogP contribution >= 0.6 is 0 Å². The standard InChI is InChI=1S/C25H25FN2O6S/c26-20-8-6-18(7-9-20)17-34-21-10-12-22(13-11-21)35(32,33)28-15-14-25(30,16-23(28)24(29)27-31)19-4-2-1-3-5-19/h1-13,23,30-31H,14-17H2,(H,27,29). The van der Waals surface area contributed by atoms with Crippen LogP contribution < -0.4 is 10.2 Å². The number of piperidine rings is 1. The number of rotatable bonds is 7. The number of nitrogens with zero attached hydrogens (tertiary/aromatic N) is 1. The van der Waals surface area contributed by atoms with Crippen LogP contribution in [0, 0.1) is 5.82 Å². The summed E-state index contributed by atoms with van der Waals surface area (Å²) in [7, 11) is -4.13. The van der Waals surface area contributed by atoms with Gasteiger partial charge in [-0.25, -0.2) is 18.3 Å². The zero-order valence-corrected chi connectivity index (χ0v) is 19.5. The summed E-state index contributed by atoms with van der Waals surface area (Å²) in [5, 5.41) is 20.4. The van der Waals surface area contributed by atoms with E-state index in [1.165, 1.54) is 41.9 Å². The summed E-state index contributed by atoms with van der Waals surface area (Å²) in [6.45, 7) is 0.0456. The second kappa shape index (κ2) is 10.1. The maximum absolute atomic E-state index is 13.4. The van der Waals surface area contributed by atoms with Gasteiger partial charge in [0, 0.05) is 13.0 Å². The Balaban J connectivity index is 1.52. The minimum Gasteiger partial charge on any atom is -0.489 e. The van der Waals surface area contributed by atoms with Crippen LogP contribution in [-0.2, 0) is 27.0 Å². The van der Waals surface area contributed by atoms with E-state index < -0.39 is 27.6 Å². The lowest BCUT2D eigenvalue weighted by molar-refractivity contribution is -0.138. The van der Waals surface area contributed by atoms with Gasteiger partial charge in [0.05, 0.1) is 10.5 Å². The highest BCUT2D eigenvalue weighted by atomic mass is 32.2. The van der Waals surface area contributed by atoms with Gasteiger partial charge in [-0.3, -0.25) is 10.0 Å². The lowest BCUT2D eigenvalue weighted by atomic mass is 9.81. The molecule has 1 aliphatic heterocycles. The zero-order chi connectivity index (χ0) is 25.1. The Labute approximate surface area is 202 Å². The molecule has 4 rings (SSSR count). The van der Waals surface area contributed by atoms with Crippen molar-refractivity contribution in [2.45, 2.75) is 36.0 Å². The average molecular weight is 501 g/mol.